The van der Waals surface area contributed by atoms with Crippen molar-refractivity contribution in [3.8, 4) is 17.2 Å². The minimum atomic E-state index is -0.685. The van der Waals surface area contributed by atoms with Crippen LogP contribution in [0.5, 0.6) is 17.2 Å². The monoisotopic (exact) mass is 536 g/mol. The van der Waals surface area contributed by atoms with Gasteiger partial charge in [-0.25, -0.2) is 9.79 Å². The van der Waals surface area contributed by atoms with E-state index >= 15 is 0 Å². The third kappa shape index (κ3) is 5.52. The molecule has 2 aromatic carbocycles. The van der Waals surface area contributed by atoms with Gasteiger partial charge in [0, 0.05) is 0 Å². The van der Waals surface area contributed by atoms with Crippen LogP contribution in [0.1, 0.15) is 51.8 Å². The highest BCUT2D eigenvalue weighted by Crippen LogP contribution is 2.32. The van der Waals surface area contributed by atoms with E-state index in [1.165, 1.54) is 11.3 Å². The summed E-state index contributed by atoms with van der Waals surface area (Å²) >= 11 is 1.27. The molecule has 2 heterocycles. The number of allylic oxidation sites excluding steroid dienone is 1. The average Bonchev–Trinajstić information content (AvgIpc) is 3.18. The maximum atomic E-state index is 13.8. The Balaban J connectivity index is 1.87. The third-order valence-electron chi connectivity index (χ3n) is 5.87. The molecule has 0 bridgehead atoms. The van der Waals surface area contributed by atoms with Gasteiger partial charge in [-0.1, -0.05) is 29.5 Å². The first kappa shape index (κ1) is 27.2. The third-order valence-corrected chi connectivity index (χ3v) is 6.85. The summed E-state index contributed by atoms with van der Waals surface area (Å²) in [5.74, 6) is 1.43. The molecule has 1 aliphatic heterocycles. The first-order chi connectivity index (χ1) is 18.3. The lowest BCUT2D eigenvalue weighted by Crippen LogP contribution is -2.39. The summed E-state index contributed by atoms with van der Waals surface area (Å²) in [6.07, 6.45) is 1.82. The van der Waals surface area contributed by atoms with Crippen molar-refractivity contribution in [1.29, 1.82) is 0 Å². The fraction of sp³-hybridized carbons (Fsp3) is 0.345. The van der Waals surface area contributed by atoms with Gasteiger partial charge in [-0.2, -0.15) is 0 Å². The van der Waals surface area contributed by atoms with Crippen LogP contribution in [0.15, 0.2) is 63.5 Å². The van der Waals surface area contributed by atoms with Crippen LogP contribution in [0.3, 0.4) is 0 Å². The van der Waals surface area contributed by atoms with E-state index in [1.54, 1.807) is 37.7 Å². The first-order valence-corrected chi connectivity index (χ1v) is 13.4. The van der Waals surface area contributed by atoms with Gasteiger partial charge >= 0.3 is 5.97 Å². The highest BCUT2D eigenvalue weighted by molar-refractivity contribution is 7.07. The van der Waals surface area contributed by atoms with Crippen LogP contribution in [-0.4, -0.2) is 37.0 Å². The zero-order chi connectivity index (χ0) is 27.4. The van der Waals surface area contributed by atoms with Crippen molar-refractivity contribution in [2.75, 3.05) is 20.3 Å². The van der Waals surface area contributed by atoms with Crippen LogP contribution >= 0.6 is 11.3 Å². The van der Waals surface area contributed by atoms with Gasteiger partial charge in [0.2, 0.25) is 0 Å². The summed E-state index contributed by atoms with van der Waals surface area (Å²) < 4.78 is 24.3. The second kappa shape index (κ2) is 11.7. The van der Waals surface area contributed by atoms with Crippen LogP contribution in [0.25, 0.3) is 6.08 Å². The van der Waals surface area contributed by atoms with Crippen LogP contribution in [-0.2, 0) is 9.53 Å². The van der Waals surface area contributed by atoms with E-state index in [-0.39, 0.29) is 18.3 Å². The number of methoxy groups -OCH3 is 1. The van der Waals surface area contributed by atoms with Crippen molar-refractivity contribution in [3.05, 3.63) is 84.5 Å². The van der Waals surface area contributed by atoms with E-state index in [4.69, 9.17) is 18.9 Å². The molecular formula is C29H32N2O6S. The molecule has 0 fully saturated rings. The van der Waals surface area contributed by atoms with Gasteiger partial charge in [-0.3, -0.25) is 9.36 Å². The van der Waals surface area contributed by atoms with Gasteiger partial charge in [-0.05, 0) is 76.1 Å². The molecule has 1 aliphatic rings. The van der Waals surface area contributed by atoms with Gasteiger partial charge in [0.15, 0.2) is 16.3 Å². The number of hydrogen-bond acceptors (Lipinski definition) is 8. The van der Waals surface area contributed by atoms with Crippen molar-refractivity contribution in [1.82, 2.24) is 4.57 Å². The predicted octanol–water partition coefficient (Wildman–Crippen LogP) is 3.99. The van der Waals surface area contributed by atoms with Crippen molar-refractivity contribution in [3.63, 3.8) is 0 Å². The zero-order valence-electron chi connectivity index (χ0n) is 22.4. The lowest BCUT2D eigenvalue weighted by Gasteiger charge is -2.25. The smallest absolute Gasteiger partial charge is 0.338 e. The second-order valence-electron chi connectivity index (χ2n) is 8.88. The molecule has 4 rings (SSSR count). The molecule has 0 radical (unpaired) electrons. The number of nitrogens with zero attached hydrogens (tertiary/aromatic N) is 2. The summed E-state index contributed by atoms with van der Waals surface area (Å²) in [7, 11) is 1.58. The molecule has 200 valence electrons. The Morgan fingerprint density at radius 1 is 1.11 bits per heavy atom. The van der Waals surface area contributed by atoms with Gasteiger partial charge in [0.1, 0.15) is 5.75 Å². The van der Waals surface area contributed by atoms with E-state index in [2.05, 4.69) is 4.99 Å². The highest BCUT2D eigenvalue weighted by Gasteiger charge is 2.33. The minimum Gasteiger partial charge on any atom is -0.493 e. The Labute approximate surface area is 225 Å². The molecule has 3 aromatic rings. The van der Waals surface area contributed by atoms with E-state index in [9.17, 15) is 9.59 Å². The molecule has 1 atom stereocenters. The van der Waals surface area contributed by atoms with Crippen molar-refractivity contribution in [2.45, 2.75) is 46.8 Å². The van der Waals surface area contributed by atoms with E-state index in [0.717, 1.165) is 11.1 Å². The Hall–Kier alpha value is -3.85. The molecule has 0 amide bonds. The number of carbonyl (C=O) groups excluding carboxylic acids is 1. The standard InChI is InChI=1S/C29H32N2O6S/c1-7-35-23-15-19(9-14-22(23)34-6)16-24-27(32)31-26(20-10-12-21(13-11-20)37-17(3)4)25(28(33)36-8-2)18(5)30-29(31)38-24/h9-17,26H,7-8H2,1-6H3/b24-16+/t26-/m1/s1. The largest absolute Gasteiger partial charge is 0.493 e. The number of hydrogen-bond donors (Lipinski definition) is 0. The van der Waals surface area contributed by atoms with Crippen molar-refractivity contribution < 1.29 is 23.7 Å². The first-order valence-electron chi connectivity index (χ1n) is 12.5. The zero-order valence-corrected chi connectivity index (χ0v) is 23.3. The molecule has 0 saturated heterocycles. The normalized spacial score (nSPS) is 15.2. The number of thiazole rings is 1. The van der Waals surface area contributed by atoms with Crippen LogP contribution < -0.4 is 29.1 Å². The topological polar surface area (TPSA) is 88.4 Å². The molecule has 8 nitrogen and oxygen atoms in total. The summed E-state index contributed by atoms with van der Waals surface area (Å²) in [5.41, 5.74) is 2.16. The number of carbonyl (C=O) groups is 1. The molecule has 0 N–H and O–H groups in total. The Kier molecular flexibility index (Phi) is 8.36. The molecule has 0 saturated carbocycles. The Bertz CT molecular complexity index is 1530. The Morgan fingerprint density at radius 3 is 2.47 bits per heavy atom. The van der Waals surface area contributed by atoms with E-state index in [1.807, 2.05) is 57.2 Å². The molecule has 0 spiro atoms. The fourth-order valence-electron chi connectivity index (χ4n) is 4.31. The van der Waals surface area contributed by atoms with Gasteiger partial charge in [0.25, 0.3) is 5.56 Å². The van der Waals surface area contributed by atoms with E-state index in [0.29, 0.717) is 44.5 Å². The average molecular weight is 537 g/mol. The molecular weight excluding hydrogens is 504 g/mol. The summed E-state index contributed by atoms with van der Waals surface area (Å²) in [6.45, 7) is 10.0. The second-order valence-corrected chi connectivity index (χ2v) is 9.89. The maximum absolute atomic E-state index is 13.8. The molecule has 9 heteroatoms. The lowest BCUT2D eigenvalue weighted by atomic mass is 9.96. The number of esters is 1. The molecule has 0 aliphatic carbocycles. The summed E-state index contributed by atoms with van der Waals surface area (Å²) in [6, 6.07) is 12.2. The highest BCUT2D eigenvalue weighted by atomic mass is 32.1. The SMILES string of the molecule is CCOC(=O)C1=C(C)N=c2s/c(=C/c3ccc(OC)c(OCC)c3)c(=O)n2[C@@H]1c1ccc(OC(C)C)cc1. The van der Waals surface area contributed by atoms with Crippen molar-refractivity contribution >= 4 is 23.4 Å². The van der Waals surface area contributed by atoms with Crippen molar-refractivity contribution in [2.24, 2.45) is 4.99 Å². The lowest BCUT2D eigenvalue weighted by molar-refractivity contribution is -0.139. The van der Waals surface area contributed by atoms with Crippen LogP contribution in [0.2, 0.25) is 0 Å². The molecule has 38 heavy (non-hydrogen) atoms. The number of aromatic nitrogens is 1. The molecule has 0 unspecified atom stereocenters. The number of ether oxygens (including phenoxy) is 4. The predicted molar refractivity (Wildman–Crippen MR) is 147 cm³/mol. The fourth-order valence-corrected chi connectivity index (χ4v) is 5.36. The number of benzene rings is 2. The van der Waals surface area contributed by atoms with Gasteiger partial charge in [0.05, 0.1) is 48.3 Å². The van der Waals surface area contributed by atoms with Gasteiger partial charge < -0.3 is 18.9 Å². The number of rotatable bonds is 9. The minimum absolute atomic E-state index is 0.0250. The maximum Gasteiger partial charge on any atom is 0.338 e. The van der Waals surface area contributed by atoms with Gasteiger partial charge in [-0.15, -0.1) is 0 Å². The Morgan fingerprint density at radius 2 is 1.84 bits per heavy atom. The quantitative estimate of drug-likeness (QED) is 0.384. The summed E-state index contributed by atoms with van der Waals surface area (Å²) in [4.78, 5) is 32.0. The van der Waals surface area contributed by atoms with E-state index < -0.39 is 12.0 Å². The van der Waals surface area contributed by atoms with Crippen LogP contribution in [0, 0.1) is 0 Å². The molecule has 1 aromatic heterocycles. The van der Waals surface area contributed by atoms with Crippen LogP contribution in [0.4, 0.5) is 0 Å². The summed E-state index contributed by atoms with van der Waals surface area (Å²) in [5, 5.41) is 0. The number of fused-ring (bicyclic) bond motifs is 1.